The van der Waals surface area contributed by atoms with Crippen LogP contribution in [0.3, 0.4) is 0 Å². The van der Waals surface area contributed by atoms with E-state index >= 15 is 0 Å². The molecule has 0 bridgehead atoms. The monoisotopic (exact) mass is 532 g/mol. The minimum Gasteiger partial charge on any atom is -0.378 e. The molecule has 32 heavy (non-hydrogen) atoms. The van der Waals surface area contributed by atoms with Gasteiger partial charge in [0.1, 0.15) is 5.82 Å². The molecule has 164 valence electrons. The SMILES string of the molecule is O=[N+]([O-])c1ccccc1S[C@H]1C[C@@H]2[C@@H](c3cc(Br)ccc3N[C@H]2c2ccccc2F)[C@H]1Cl. The summed E-state index contributed by atoms with van der Waals surface area (Å²) >= 11 is 12.1. The number of alkyl halides is 1. The molecule has 0 amide bonds. The minimum absolute atomic E-state index is 0.00436. The van der Waals surface area contributed by atoms with Crippen molar-refractivity contribution in [3.8, 4) is 0 Å². The minimum atomic E-state index is -0.357. The Morgan fingerprint density at radius 3 is 2.62 bits per heavy atom. The molecule has 1 aliphatic carbocycles. The number of nitro benzene ring substituents is 1. The quantitative estimate of drug-likeness (QED) is 0.214. The first-order valence-electron chi connectivity index (χ1n) is 10.3. The van der Waals surface area contributed by atoms with Crippen molar-refractivity contribution in [1.82, 2.24) is 0 Å². The maximum atomic E-state index is 14.8. The van der Waals surface area contributed by atoms with Crippen molar-refractivity contribution in [2.24, 2.45) is 5.92 Å². The van der Waals surface area contributed by atoms with E-state index in [1.54, 1.807) is 24.3 Å². The van der Waals surface area contributed by atoms with Crippen LogP contribution in [0, 0.1) is 21.8 Å². The molecule has 1 saturated carbocycles. The van der Waals surface area contributed by atoms with E-state index < -0.39 is 0 Å². The Morgan fingerprint density at radius 1 is 1.09 bits per heavy atom. The Balaban J connectivity index is 1.55. The summed E-state index contributed by atoms with van der Waals surface area (Å²) in [5, 5.41) is 14.8. The molecule has 3 aromatic rings. The molecule has 1 fully saturated rings. The van der Waals surface area contributed by atoms with Gasteiger partial charge in [0.2, 0.25) is 0 Å². The highest BCUT2D eigenvalue weighted by Gasteiger charge is 2.50. The van der Waals surface area contributed by atoms with E-state index in [4.69, 9.17) is 11.6 Å². The van der Waals surface area contributed by atoms with Crippen molar-refractivity contribution in [3.05, 3.63) is 98.3 Å². The number of thioether (sulfide) groups is 1. The second-order valence-corrected chi connectivity index (χ2v) is 10.8. The van der Waals surface area contributed by atoms with E-state index in [0.717, 1.165) is 15.7 Å². The van der Waals surface area contributed by atoms with Crippen molar-refractivity contribution < 1.29 is 9.31 Å². The summed E-state index contributed by atoms with van der Waals surface area (Å²) in [5.41, 5.74) is 2.76. The number of nitro groups is 1. The third-order valence-corrected chi connectivity index (χ3v) is 8.96. The number of benzene rings is 3. The second kappa shape index (κ2) is 8.69. The molecule has 5 atom stereocenters. The van der Waals surface area contributed by atoms with Crippen LogP contribution in [-0.2, 0) is 0 Å². The second-order valence-electron chi connectivity index (χ2n) is 8.13. The summed E-state index contributed by atoms with van der Waals surface area (Å²) in [4.78, 5) is 11.8. The van der Waals surface area contributed by atoms with Gasteiger partial charge in [-0.2, -0.15) is 0 Å². The first-order valence-corrected chi connectivity index (χ1v) is 12.4. The third-order valence-electron chi connectivity index (χ3n) is 6.36. The predicted molar refractivity (Wildman–Crippen MR) is 130 cm³/mol. The van der Waals surface area contributed by atoms with E-state index in [1.807, 2.05) is 24.3 Å². The first-order chi connectivity index (χ1) is 15.4. The van der Waals surface area contributed by atoms with Crippen LogP contribution in [0.4, 0.5) is 15.8 Å². The number of fused-ring (bicyclic) bond motifs is 3. The fraction of sp³-hybridized carbons (Fsp3) is 0.250. The van der Waals surface area contributed by atoms with Crippen LogP contribution in [0.25, 0.3) is 0 Å². The number of nitrogens with zero attached hydrogens (tertiary/aromatic N) is 1. The van der Waals surface area contributed by atoms with Crippen LogP contribution >= 0.6 is 39.3 Å². The van der Waals surface area contributed by atoms with Gasteiger partial charge in [-0.3, -0.25) is 10.1 Å². The summed E-state index contributed by atoms with van der Waals surface area (Å²) in [6, 6.07) is 19.4. The molecule has 4 nitrogen and oxygen atoms in total. The Hall–Kier alpha value is -2.09. The molecule has 1 aliphatic heterocycles. The average molecular weight is 534 g/mol. The van der Waals surface area contributed by atoms with Crippen molar-refractivity contribution in [2.45, 2.75) is 33.9 Å². The van der Waals surface area contributed by atoms with Crippen molar-refractivity contribution in [1.29, 1.82) is 0 Å². The van der Waals surface area contributed by atoms with Crippen LogP contribution in [0.1, 0.15) is 29.5 Å². The Labute approximate surface area is 202 Å². The fourth-order valence-electron chi connectivity index (χ4n) is 4.99. The number of para-hydroxylation sites is 1. The van der Waals surface area contributed by atoms with E-state index in [2.05, 4.69) is 27.3 Å². The molecule has 5 rings (SSSR count). The summed E-state index contributed by atoms with van der Waals surface area (Å²) < 4.78 is 15.8. The Morgan fingerprint density at radius 2 is 1.84 bits per heavy atom. The molecular formula is C24H19BrClFN2O2S. The maximum Gasteiger partial charge on any atom is 0.282 e. The Bertz CT molecular complexity index is 1200. The van der Waals surface area contributed by atoms with E-state index in [0.29, 0.717) is 16.9 Å². The van der Waals surface area contributed by atoms with Gasteiger partial charge < -0.3 is 5.32 Å². The lowest BCUT2D eigenvalue weighted by Gasteiger charge is -2.38. The highest BCUT2D eigenvalue weighted by atomic mass is 79.9. The van der Waals surface area contributed by atoms with Gasteiger partial charge in [-0.1, -0.05) is 46.3 Å². The van der Waals surface area contributed by atoms with Crippen LogP contribution in [0.2, 0.25) is 0 Å². The molecule has 1 N–H and O–H groups in total. The van der Waals surface area contributed by atoms with Crippen LogP contribution in [0.5, 0.6) is 0 Å². The zero-order valence-electron chi connectivity index (χ0n) is 16.8. The molecule has 3 aromatic carbocycles. The molecule has 0 aromatic heterocycles. The summed E-state index contributed by atoms with van der Waals surface area (Å²) in [5.74, 6) is -0.197. The average Bonchev–Trinajstić information content (AvgIpc) is 3.10. The number of nitrogens with one attached hydrogen (secondary N) is 1. The van der Waals surface area contributed by atoms with Gasteiger partial charge in [0.05, 0.1) is 21.2 Å². The molecule has 0 unspecified atom stereocenters. The zero-order chi connectivity index (χ0) is 22.4. The largest absolute Gasteiger partial charge is 0.378 e. The maximum absolute atomic E-state index is 14.8. The molecule has 8 heteroatoms. The predicted octanol–water partition coefficient (Wildman–Crippen LogP) is 7.54. The summed E-state index contributed by atoms with van der Waals surface area (Å²) in [7, 11) is 0. The molecule has 2 aliphatic rings. The van der Waals surface area contributed by atoms with E-state index in [1.165, 1.54) is 23.9 Å². The lowest BCUT2D eigenvalue weighted by atomic mass is 9.77. The number of hydrogen-bond donors (Lipinski definition) is 1. The smallest absolute Gasteiger partial charge is 0.282 e. The molecule has 0 saturated heterocycles. The van der Waals surface area contributed by atoms with Crippen molar-refractivity contribution >= 4 is 50.7 Å². The van der Waals surface area contributed by atoms with Crippen molar-refractivity contribution in [3.63, 3.8) is 0 Å². The Kier molecular flexibility index (Phi) is 5.90. The van der Waals surface area contributed by atoms with Gasteiger partial charge in [0, 0.05) is 33.0 Å². The van der Waals surface area contributed by atoms with Crippen molar-refractivity contribution in [2.75, 3.05) is 5.32 Å². The molecule has 0 spiro atoms. The van der Waals surface area contributed by atoms with Gasteiger partial charge in [-0.25, -0.2) is 4.39 Å². The van der Waals surface area contributed by atoms with E-state index in [9.17, 15) is 14.5 Å². The lowest BCUT2D eigenvalue weighted by Crippen LogP contribution is -2.31. The molecule has 1 heterocycles. The normalized spacial score (nSPS) is 26.2. The first kappa shape index (κ1) is 21.7. The number of halogens is 3. The van der Waals surface area contributed by atoms with E-state index in [-0.39, 0.29) is 44.9 Å². The van der Waals surface area contributed by atoms with Gasteiger partial charge in [-0.05, 0) is 48.2 Å². The number of anilines is 1. The molecule has 0 radical (unpaired) electrons. The number of rotatable bonds is 4. The van der Waals surface area contributed by atoms with Gasteiger partial charge >= 0.3 is 0 Å². The van der Waals surface area contributed by atoms with Crippen LogP contribution < -0.4 is 5.32 Å². The third kappa shape index (κ3) is 3.80. The molecular weight excluding hydrogens is 515 g/mol. The van der Waals surface area contributed by atoms with Gasteiger partial charge in [-0.15, -0.1) is 23.4 Å². The highest BCUT2D eigenvalue weighted by molar-refractivity contribution is 9.10. The highest BCUT2D eigenvalue weighted by Crippen LogP contribution is 2.58. The topological polar surface area (TPSA) is 55.2 Å². The standard InChI is InChI=1S/C24H19BrClFN2O2S/c25-13-9-10-18-15(11-13)22-16(24(28-18)14-5-1-2-6-17(14)27)12-21(23(22)26)32-20-8-4-3-7-19(20)29(30)31/h1-11,16,21-24,28H,12H2/t16-,21+,22-,23+,24+/m1/s1. The summed E-state index contributed by atoms with van der Waals surface area (Å²) in [6.45, 7) is 0. The summed E-state index contributed by atoms with van der Waals surface area (Å²) in [6.07, 6.45) is 0.716. The fourth-order valence-corrected chi connectivity index (χ4v) is 7.32. The van der Waals surface area contributed by atoms with Gasteiger partial charge in [0.25, 0.3) is 5.69 Å². The van der Waals surface area contributed by atoms with Crippen LogP contribution in [0.15, 0.2) is 76.1 Å². The number of hydrogen-bond acceptors (Lipinski definition) is 4. The lowest BCUT2D eigenvalue weighted by molar-refractivity contribution is -0.387. The zero-order valence-corrected chi connectivity index (χ0v) is 19.9. The van der Waals surface area contributed by atoms with Crippen LogP contribution in [-0.4, -0.2) is 15.6 Å². The van der Waals surface area contributed by atoms with Gasteiger partial charge in [0.15, 0.2) is 0 Å².